The second-order valence-electron chi connectivity index (χ2n) is 5.00. The smallest absolute Gasteiger partial charge is 0.273 e. The Bertz CT molecular complexity index is 458. The molecule has 1 aromatic rings. The van der Waals surface area contributed by atoms with Gasteiger partial charge in [-0.2, -0.15) is 0 Å². The van der Waals surface area contributed by atoms with Gasteiger partial charge in [0.2, 0.25) is 0 Å². The monoisotopic (exact) mass is 280 g/mol. The van der Waals surface area contributed by atoms with Gasteiger partial charge < -0.3 is 14.8 Å². The fraction of sp³-hybridized carbons (Fsp3) is 0.571. The number of hydrogen-bond acceptors (Lipinski definition) is 5. The predicted molar refractivity (Wildman–Crippen MR) is 74.9 cm³/mol. The van der Waals surface area contributed by atoms with Crippen molar-refractivity contribution in [3.8, 4) is 5.75 Å². The number of ether oxygens (including phenoxy) is 2. The van der Waals surface area contributed by atoms with Gasteiger partial charge in [-0.3, -0.25) is 10.1 Å². The van der Waals surface area contributed by atoms with Crippen molar-refractivity contribution < 1.29 is 14.4 Å². The molecule has 6 nitrogen and oxygen atoms in total. The third-order valence-corrected chi connectivity index (χ3v) is 3.50. The number of nitro groups is 1. The van der Waals surface area contributed by atoms with E-state index in [1.165, 1.54) is 25.7 Å². The van der Waals surface area contributed by atoms with Gasteiger partial charge in [-0.15, -0.1) is 0 Å². The zero-order valence-electron chi connectivity index (χ0n) is 11.6. The molecule has 1 heterocycles. The number of hydrogen-bond donors (Lipinski definition) is 1. The van der Waals surface area contributed by atoms with Gasteiger partial charge in [-0.05, 0) is 43.5 Å². The van der Waals surface area contributed by atoms with Crippen molar-refractivity contribution in [2.75, 3.05) is 26.8 Å². The first-order chi connectivity index (χ1) is 9.69. The van der Waals surface area contributed by atoms with E-state index in [1.54, 1.807) is 6.07 Å². The lowest BCUT2D eigenvalue weighted by molar-refractivity contribution is -0.385. The van der Waals surface area contributed by atoms with Gasteiger partial charge >= 0.3 is 0 Å². The Hall–Kier alpha value is -1.66. The van der Waals surface area contributed by atoms with Gasteiger partial charge in [0.05, 0.1) is 24.7 Å². The van der Waals surface area contributed by atoms with E-state index in [0.29, 0.717) is 24.9 Å². The molecular formula is C14H20N2O4. The van der Waals surface area contributed by atoms with E-state index in [9.17, 15) is 10.1 Å². The van der Waals surface area contributed by atoms with Crippen molar-refractivity contribution in [3.05, 3.63) is 33.9 Å². The molecule has 0 amide bonds. The summed E-state index contributed by atoms with van der Waals surface area (Å²) in [6, 6.07) is 4.71. The minimum absolute atomic E-state index is 0.0305. The topological polar surface area (TPSA) is 73.6 Å². The molecular weight excluding hydrogens is 260 g/mol. The summed E-state index contributed by atoms with van der Waals surface area (Å²) in [5, 5.41) is 14.1. The Morgan fingerprint density at radius 2 is 2.30 bits per heavy atom. The number of rotatable bonds is 7. The van der Waals surface area contributed by atoms with Gasteiger partial charge in [0.15, 0.2) is 0 Å². The van der Waals surface area contributed by atoms with Crippen molar-refractivity contribution >= 4 is 5.69 Å². The Kier molecular flexibility index (Phi) is 5.31. The highest BCUT2D eigenvalue weighted by Gasteiger charge is 2.14. The molecule has 20 heavy (non-hydrogen) atoms. The van der Waals surface area contributed by atoms with Crippen LogP contribution in [0.1, 0.15) is 18.4 Å². The maximum absolute atomic E-state index is 10.8. The summed E-state index contributed by atoms with van der Waals surface area (Å²) in [7, 11) is 1.50. The van der Waals surface area contributed by atoms with E-state index in [-0.39, 0.29) is 5.69 Å². The molecule has 1 unspecified atom stereocenters. The molecule has 6 heteroatoms. The van der Waals surface area contributed by atoms with E-state index >= 15 is 0 Å². The molecule has 1 saturated heterocycles. The summed E-state index contributed by atoms with van der Waals surface area (Å²) in [4.78, 5) is 10.4. The summed E-state index contributed by atoms with van der Waals surface area (Å²) in [6.45, 7) is 3.20. The summed E-state index contributed by atoms with van der Waals surface area (Å²) in [6.07, 6.45) is 2.23. The molecule has 0 aromatic heterocycles. The van der Waals surface area contributed by atoms with Crippen LogP contribution in [0.2, 0.25) is 0 Å². The lowest BCUT2D eigenvalue weighted by Crippen LogP contribution is -2.10. The Morgan fingerprint density at radius 3 is 2.95 bits per heavy atom. The van der Waals surface area contributed by atoms with Crippen LogP contribution in [0.5, 0.6) is 5.75 Å². The zero-order valence-corrected chi connectivity index (χ0v) is 11.6. The van der Waals surface area contributed by atoms with Crippen LogP contribution in [0.4, 0.5) is 5.69 Å². The van der Waals surface area contributed by atoms with Crippen LogP contribution < -0.4 is 10.1 Å². The van der Waals surface area contributed by atoms with Crippen molar-refractivity contribution in [1.29, 1.82) is 0 Å². The van der Waals surface area contributed by atoms with Crippen LogP contribution in [-0.4, -0.2) is 31.7 Å². The van der Waals surface area contributed by atoms with E-state index in [1.807, 2.05) is 0 Å². The van der Waals surface area contributed by atoms with Crippen LogP contribution >= 0.6 is 0 Å². The molecule has 1 atom stereocenters. The van der Waals surface area contributed by atoms with E-state index in [2.05, 4.69) is 5.32 Å². The number of methoxy groups -OCH3 is 1. The van der Waals surface area contributed by atoms with Gasteiger partial charge in [0.1, 0.15) is 5.75 Å². The number of nitrogens with zero attached hydrogens (tertiary/aromatic N) is 1. The molecule has 0 saturated carbocycles. The molecule has 0 aliphatic carbocycles. The normalized spacial score (nSPS) is 18.1. The molecule has 1 N–H and O–H groups in total. The standard InChI is InChI=1S/C14H20N2O4/c1-19-14-7-12(6-13(8-14)16(17)18)10-20-5-3-11-2-4-15-9-11/h6-8,11,15H,2-5,9-10H2,1H3. The summed E-state index contributed by atoms with van der Waals surface area (Å²) >= 11 is 0. The van der Waals surface area contributed by atoms with E-state index in [0.717, 1.165) is 25.1 Å². The van der Waals surface area contributed by atoms with Crippen molar-refractivity contribution in [3.63, 3.8) is 0 Å². The number of nitro benzene ring substituents is 1. The maximum Gasteiger partial charge on any atom is 0.273 e. The molecule has 1 aromatic carbocycles. The second kappa shape index (κ2) is 7.21. The summed E-state index contributed by atoms with van der Waals surface area (Å²) < 4.78 is 10.7. The highest BCUT2D eigenvalue weighted by molar-refractivity contribution is 5.42. The third kappa shape index (κ3) is 4.18. The first kappa shape index (κ1) is 14.7. The third-order valence-electron chi connectivity index (χ3n) is 3.50. The molecule has 1 aliphatic rings. The lowest BCUT2D eigenvalue weighted by Gasteiger charge is -2.09. The number of nitrogens with one attached hydrogen (secondary N) is 1. The van der Waals surface area contributed by atoms with Crippen LogP contribution in [0.25, 0.3) is 0 Å². The second-order valence-corrected chi connectivity index (χ2v) is 5.00. The maximum atomic E-state index is 10.8. The molecule has 1 fully saturated rings. The van der Waals surface area contributed by atoms with Crippen molar-refractivity contribution in [2.45, 2.75) is 19.4 Å². The highest BCUT2D eigenvalue weighted by Crippen LogP contribution is 2.23. The van der Waals surface area contributed by atoms with Crippen molar-refractivity contribution in [2.24, 2.45) is 5.92 Å². The van der Waals surface area contributed by atoms with Gasteiger partial charge in [0.25, 0.3) is 5.69 Å². The lowest BCUT2D eigenvalue weighted by atomic mass is 10.1. The van der Waals surface area contributed by atoms with Crippen LogP contribution in [-0.2, 0) is 11.3 Å². The first-order valence-corrected chi connectivity index (χ1v) is 6.80. The molecule has 1 aliphatic heterocycles. The SMILES string of the molecule is COc1cc(COCCC2CCNC2)cc([N+](=O)[O-])c1. The minimum Gasteiger partial charge on any atom is -0.496 e. The Balaban J connectivity index is 1.84. The molecule has 110 valence electrons. The summed E-state index contributed by atoms with van der Waals surface area (Å²) in [5.74, 6) is 1.17. The largest absolute Gasteiger partial charge is 0.496 e. The first-order valence-electron chi connectivity index (χ1n) is 6.80. The van der Waals surface area contributed by atoms with Gasteiger partial charge in [0, 0.05) is 12.7 Å². The van der Waals surface area contributed by atoms with Gasteiger partial charge in [-0.1, -0.05) is 0 Å². The van der Waals surface area contributed by atoms with Crippen molar-refractivity contribution in [1.82, 2.24) is 5.32 Å². The average molecular weight is 280 g/mol. The minimum atomic E-state index is -0.420. The predicted octanol–water partition coefficient (Wildman–Crippen LogP) is 2.12. The van der Waals surface area contributed by atoms with Crippen LogP contribution in [0.15, 0.2) is 18.2 Å². The fourth-order valence-corrected chi connectivity index (χ4v) is 2.35. The summed E-state index contributed by atoms with van der Waals surface area (Å²) in [5.41, 5.74) is 0.795. The zero-order chi connectivity index (χ0) is 14.4. The van der Waals surface area contributed by atoms with Crippen LogP contribution in [0.3, 0.4) is 0 Å². The van der Waals surface area contributed by atoms with E-state index < -0.39 is 4.92 Å². The van der Waals surface area contributed by atoms with Crippen LogP contribution in [0, 0.1) is 16.0 Å². The average Bonchev–Trinajstić information content (AvgIpc) is 2.96. The molecule has 0 bridgehead atoms. The highest BCUT2D eigenvalue weighted by atomic mass is 16.6. The fourth-order valence-electron chi connectivity index (χ4n) is 2.35. The molecule has 0 radical (unpaired) electrons. The molecule has 0 spiro atoms. The van der Waals surface area contributed by atoms with E-state index in [4.69, 9.17) is 9.47 Å². The Morgan fingerprint density at radius 1 is 1.45 bits per heavy atom. The number of non-ortho nitro benzene ring substituents is 1. The number of benzene rings is 1. The van der Waals surface area contributed by atoms with Gasteiger partial charge in [-0.25, -0.2) is 0 Å². The quantitative estimate of drug-likeness (QED) is 0.470. The molecule has 2 rings (SSSR count). The Labute approximate surface area is 118 Å².